The van der Waals surface area contributed by atoms with E-state index >= 15 is 0 Å². The minimum absolute atomic E-state index is 0.397. The summed E-state index contributed by atoms with van der Waals surface area (Å²) in [5.41, 5.74) is 1.32. The fraction of sp³-hybridized carbons (Fsp3) is 0.429. The van der Waals surface area contributed by atoms with Crippen LogP contribution in [0.5, 0.6) is 0 Å². The lowest BCUT2D eigenvalue weighted by atomic mass is 10.0. The van der Waals surface area contributed by atoms with Gasteiger partial charge in [0, 0.05) is 16.9 Å². The van der Waals surface area contributed by atoms with E-state index in [1.165, 1.54) is 10.0 Å². The van der Waals surface area contributed by atoms with Gasteiger partial charge in [0.25, 0.3) is 0 Å². The van der Waals surface area contributed by atoms with Crippen LogP contribution >= 0.6 is 15.9 Å². The van der Waals surface area contributed by atoms with E-state index in [1.54, 1.807) is 0 Å². The number of rotatable bonds is 6. The smallest absolute Gasteiger partial charge is 0.0331 e. The maximum Gasteiger partial charge on any atom is 0.0331 e. The van der Waals surface area contributed by atoms with Crippen molar-refractivity contribution in [1.82, 2.24) is 5.32 Å². The lowest BCUT2D eigenvalue weighted by Crippen LogP contribution is -2.21. The van der Waals surface area contributed by atoms with Crippen molar-refractivity contribution < 1.29 is 0 Å². The number of halogens is 1. The van der Waals surface area contributed by atoms with Crippen LogP contribution in [-0.2, 0) is 0 Å². The van der Waals surface area contributed by atoms with Crippen LogP contribution in [0.25, 0.3) is 0 Å². The van der Waals surface area contributed by atoms with Crippen molar-refractivity contribution in [3.8, 4) is 12.3 Å². The highest BCUT2D eigenvalue weighted by atomic mass is 79.9. The van der Waals surface area contributed by atoms with Gasteiger partial charge in [0.2, 0.25) is 0 Å². The zero-order valence-corrected chi connectivity index (χ0v) is 11.3. The number of unbranched alkanes of at least 4 members (excludes halogenated alkanes) is 1. The first-order valence-corrected chi connectivity index (χ1v) is 6.50. The van der Waals surface area contributed by atoms with Crippen LogP contribution in [-0.4, -0.2) is 6.54 Å². The molecule has 1 aromatic carbocycles. The second-order valence-electron chi connectivity index (χ2n) is 3.73. The Kier molecular flexibility index (Phi) is 6.22. The van der Waals surface area contributed by atoms with Crippen molar-refractivity contribution >= 4 is 15.9 Å². The van der Waals surface area contributed by atoms with Crippen molar-refractivity contribution in [2.75, 3.05) is 6.54 Å². The van der Waals surface area contributed by atoms with Gasteiger partial charge in [0.05, 0.1) is 0 Å². The molecule has 0 spiro atoms. The van der Waals surface area contributed by atoms with E-state index in [-0.39, 0.29) is 0 Å². The maximum atomic E-state index is 5.28. The number of hydrogen-bond acceptors (Lipinski definition) is 1. The Bertz CT molecular complexity index is 354. The molecule has 0 fully saturated rings. The van der Waals surface area contributed by atoms with E-state index in [4.69, 9.17) is 6.42 Å². The SMILES string of the molecule is C#CCCCC(NCC)c1ccccc1Br. The first-order chi connectivity index (χ1) is 7.79. The molecule has 2 heteroatoms. The van der Waals surface area contributed by atoms with Crippen molar-refractivity contribution in [1.29, 1.82) is 0 Å². The van der Waals surface area contributed by atoms with E-state index in [9.17, 15) is 0 Å². The van der Waals surface area contributed by atoms with Gasteiger partial charge in [-0.05, 0) is 31.0 Å². The van der Waals surface area contributed by atoms with E-state index in [0.717, 1.165) is 25.8 Å². The van der Waals surface area contributed by atoms with Crippen LogP contribution in [0.4, 0.5) is 0 Å². The molecule has 0 aliphatic heterocycles. The zero-order chi connectivity index (χ0) is 11.8. The van der Waals surface area contributed by atoms with Crippen molar-refractivity contribution in [3.05, 3.63) is 34.3 Å². The molecule has 1 aromatic rings. The van der Waals surface area contributed by atoms with Gasteiger partial charge in [-0.15, -0.1) is 12.3 Å². The first-order valence-electron chi connectivity index (χ1n) is 5.70. The topological polar surface area (TPSA) is 12.0 Å². The number of terminal acetylenes is 1. The molecular formula is C14H18BrN. The van der Waals surface area contributed by atoms with E-state index in [2.05, 4.69) is 52.3 Å². The molecule has 0 saturated heterocycles. The highest BCUT2D eigenvalue weighted by Crippen LogP contribution is 2.26. The zero-order valence-electron chi connectivity index (χ0n) is 9.67. The summed E-state index contributed by atoms with van der Waals surface area (Å²) in [6.45, 7) is 3.10. The molecule has 0 radical (unpaired) electrons. The standard InChI is InChI=1S/C14H18BrN/c1-3-5-6-11-14(16-4-2)12-9-7-8-10-13(12)15/h1,7-10,14,16H,4-6,11H2,2H3. The summed E-state index contributed by atoms with van der Waals surface area (Å²) in [6, 6.07) is 8.76. The summed E-state index contributed by atoms with van der Waals surface area (Å²) in [4.78, 5) is 0. The van der Waals surface area contributed by atoms with Crippen LogP contribution in [0.1, 0.15) is 37.8 Å². The van der Waals surface area contributed by atoms with Gasteiger partial charge < -0.3 is 5.32 Å². The molecule has 0 aliphatic rings. The Morgan fingerprint density at radius 1 is 1.44 bits per heavy atom. The van der Waals surface area contributed by atoms with Crippen LogP contribution < -0.4 is 5.32 Å². The normalized spacial score (nSPS) is 12.1. The average Bonchev–Trinajstić information content (AvgIpc) is 2.29. The van der Waals surface area contributed by atoms with Crippen molar-refractivity contribution in [3.63, 3.8) is 0 Å². The number of nitrogens with one attached hydrogen (secondary N) is 1. The predicted octanol–water partition coefficient (Wildman–Crippen LogP) is 3.90. The Morgan fingerprint density at radius 2 is 2.19 bits per heavy atom. The third kappa shape index (κ3) is 4.00. The van der Waals surface area contributed by atoms with Gasteiger partial charge in [-0.25, -0.2) is 0 Å². The van der Waals surface area contributed by atoms with Crippen LogP contribution in [0.15, 0.2) is 28.7 Å². The molecule has 16 heavy (non-hydrogen) atoms. The summed E-state index contributed by atoms with van der Waals surface area (Å²) in [7, 11) is 0. The van der Waals surface area contributed by atoms with Gasteiger partial charge in [0.15, 0.2) is 0 Å². The fourth-order valence-electron chi connectivity index (χ4n) is 1.78. The van der Waals surface area contributed by atoms with E-state index in [1.807, 2.05) is 6.07 Å². The van der Waals surface area contributed by atoms with Gasteiger partial charge in [-0.1, -0.05) is 41.1 Å². The average molecular weight is 280 g/mol. The minimum atomic E-state index is 0.397. The lowest BCUT2D eigenvalue weighted by molar-refractivity contribution is 0.500. The molecular weight excluding hydrogens is 262 g/mol. The Morgan fingerprint density at radius 3 is 2.81 bits per heavy atom. The predicted molar refractivity (Wildman–Crippen MR) is 73.2 cm³/mol. The number of benzene rings is 1. The molecule has 0 saturated carbocycles. The molecule has 86 valence electrons. The third-order valence-electron chi connectivity index (χ3n) is 2.55. The van der Waals surface area contributed by atoms with Crippen molar-refractivity contribution in [2.45, 2.75) is 32.2 Å². The van der Waals surface area contributed by atoms with E-state index in [0.29, 0.717) is 6.04 Å². The summed E-state index contributed by atoms with van der Waals surface area (Å²) in [5.74, 6) is 2.69. The van der Waals surface area contributed by atoms with Crippen molar-refractivity contribution in [2.24, 2.45) is 0 Å². The third-order valence-corrected chi connectivity index (χ3v) is 3.27. The van der Waals surface area contributed by atoms with Gasteiger partial charge in [-0.2, -0.15) is 0 Å². The highest BCUT2D eigenvalue weighted by Gasteiger charge is 2.11. The quantitative estimate of drug-likeness (QED) is 0.615. The number of hydrogen-bond donors (Lipinski definition) is 1. The largest absolute Gasteiger partial charge is 0.310 e. The monoisotopic (exact) mass is 279 g/mol. The second kappa shape index (κ2) is 7.49. The van der Waals surface area contributed by atoms with Crippen LogP contribution in [0, 0.1) is 12.3 Å². The maximum absolute atomic E-state index is 5.28. The second-order valence-corrected chi connectivity index (χ2v) is 4.58. The molecule has 0 aromatic heterocycles. The lowest BCUT2D eigenvalue weighted by Gasteiger charge is -2.19. The molecule has 1 rings (SSSR count). The molecule has 0 heterocycles. The highest BCUT2D eigenvalue weighted by molar-refractivity contribution is 9.10. The van der Waals surface area contributed by atoms with Gasteiger partial charge >= 0.3 is 0 Å². The molecule has 1 atom stereocenters. The van der Waals surface area contributed by atoms with Crippen LogP contribution in [0.2, 0.25) is 0 Å². The molecule has 1 N–H and O–H groups in total. The van der Waals surface area contributed by atoms with E-state index < -0.39 is 0 Å². The Balaban J connectivity index is 2.69. The molecule has 0 amide bonds. The Hall–Kier alpha value is -0.780. The summed E-state index contributed by atoms with van der Waals surface area (Å²) in [6.07, 6.45) is 8.28. The molecule has 0 aliphatic carbocycles. The Labute approximate surface area is 107 Å². The first kappa shape index (κ1) is 13.3. The fourth-order valence-corrected chi connectivity index (χ4v) is 2.34. The summed E-state index contributed by atoms with van der Waals surface area (Å²) >= 11 is 3.60. The minimum Gasteiger partial charge on any atom is -0.310 e. The summed E-state index contributed by atoms with van der Waals surface area (Å²) in [5, 5.41) is 3.50. The molecule has 1 nitrogen and oxygen atoms in total. The van der Waals surface area contributed by atoms with Gasteiger partial charge in [-0.3, -0.25) is 0 Å². The van der Waals surface area contributed by atoms with Crippen LogP contribution in [0.3, 0.4) is 0 Å². The van der Waals surface area contributed by atoms with Gasteiger partial charge in [0.1, 0.15) is 0 Å². The molecule has 1 unspecified atom stereocenters. The summed E-state index contributed by atoms with van der Waals surface area (Å²) < 4.78 is 1.17. The molecule has 0 bridgehead atoms.